The lowest BCUT2D eigenvalue weighted by Gasteiger charge is -2.24. The zero-order valence-electron chi connectivity index (χ0n) is 17.1. The standard InChI is InChI=1S/C19H22N2O6S3/c1-11-15(18(22)26-3)17(16(12(2)20-11)19(23)27-4)13-9-14(29-10-13)30(24,25)21-5-7-28-8-6-21/h9-10H,5-8H2,1-4H3. The maximum absolute atomic E-state index is 13.0. The van der Waals surface area contributed by atoms with E-state index in [0.29, 0.717) is 30.0 Å². The van der Waals surface area contributed by atoms with Crippen LogP contribution in [0.3, 0.4) is 0 Å². The summed E-state index contributed by atoms with van der Waals surface area (Å²) >= 11 is 2.77. The largest absolute Gasteiger partial charge is 0.465 e. The third-order valence-corrected chi connectivity index (χ3v) is 9.02. The minimum absolute atomic E-state index is 0.111. The minimum atomic E-state index is -3.66. The molecule has 0 atom stereocenters. The number of rotatable bonds is 5. The summed E-state index contributed by atoms with van der Waals surface area (Å²) in [6.07, 6.45) is 0. The highest BCUT2D eigenvalue weighted by Gasteiger charge is 2.31. The summed E-state index contributed by atoms with van der Waals surface area (Å²) in [5, 5.41) is 1.62. The summed E-state index contributed by atoms with van der Waals surface area (Å²) in [5.41, 5.74) is 1.68. The van der Waals surface area contributed by atoms with Crippen LogP contribution in [0, 0.1) is 13.8 Å². The Morgan fingerprint density at radius 3 is 2.07 bits per heavy atom. The van der Waals surface area contributed by atoms with Gasteiger partial charge in [-0.15, -0.1) is 11.3 Å². The molecule has 0 aliphatic carbocycles. The highest BCUT2D eigenvalue weighted by atomic mass is 32.2. The number of methoxy groups -OCH3 is 2. The van der Waals surface area contributed by atoms with E-state index in [9.17, 15) is 18.0 Å². The van der Waals surface area contributed by atoms with Crippen LogP contribution in [0.5, 0.6) is 0 Å². The molecule has 3 heterocycles. The van der Waals surface area contributed by atoms with E-state index in [2.05, 4.69) is 4.98 Å². The van der Waals surface area contributed by atoms with E-state index in [1.165, 1.54) is 24.6 Å². The Morgan fingerprint density at radius 1 is 1.03 bits per heavy atom. The highest BCUT2D eigenvalue weighted by Crippen LogP contribution is 2.37. The lowest BCUT2D eigenvalue weighted by atomic mass is 9.94. The molecule has 0 unspecified atom stereocenters. The van der Waals surface area contributed by atoms with Crippen molar-refractivity contribution < 1.29 is 27.5 Å². The Morgan fingerprint density at radius 2 is 1.57 bits per heavy atom. The van der Waals surface area contributed by atoms with Crippen molar-refractivity contribution in [3.8, 4) is 11.1 Å². The van der Waals surface area contributed by atoms with Crippen molar-refractivity contribution >= 4 is 45.1 Å². The van der Waals surface area contributed by atoms with Crippen LogP contribution in [0.15, 0.2) is 15.7 Å². The van der Waals surface area contributed by atoms with Gasteiger partial charge in [0.2, 0.25) is 0 Å². The monoisotopic (exact) mass is 470 g/mol. The number of aromatic nitrogens is 1. The number of thioether (sulfide) groups is 1. The number of esters is 2. The molecule has 0 N–H and O–H groups in total. The molecule has 0 saturated carbocycles. The number of aryl methyl sites for hydroxylation is 2. The van der Waals surface area contributed by atoms with Crippen LogP contribution in [0.1, 0.15) is 32.1 Å². The zero-order valence-corrected chi connectivity index (χ0v) is 19.5. The second-order valence-electron chi connectivity index (χ2n) is 6.56. The predicted molar refractivity (Wildman–Crippen MR) is 116 cm³/mol. The van der Waals surface area contributed by atoms with Crippen LogP contribution >= 0.6 is 23.1 Å². The van der Waals surface area contributed by atoms with Gasteiger partial charge < -0.3 is 9.47 Å². The van der Waals surface area contributed by atoms with E-state index in [-0.39, 0.29) is 20.9 Å². The Hall–Kier alpha value is -1.95. The number of carbonyl (C=O) groups is 2. The first-order valence-electron chi connectivity index (χ1n) is 9.07. The van der Waals surface area contributed by atoms with E-state index < -0.39 is 22.0 Å². The molecule has 2 aromatic rings. The minimum Gasteiger partial charge on any atom is -0.465 e. The molecule has 11 heteroatoms. The maximum atomic E-state index is 13.0. The highest BCUT2D eigenvalue weighted by molar-refractivity contribution is 7.99. The van der Waals surface area contributed by atoms with Crippen LogP contribution in [-0.2, 0) is 19.5 Å². The number of pyridine rings is 1. The molecule has 0 spiro atoms. The maximum Gasteiger partial charge on any atom is 0.340 e. The molecular formula is C19H22N2O6S3. The molecular weight excluding hydrogens is 448 g/mol. The summed E-state index contributed by atoms with van der Waals surface area (Å²) in [6.45, 7) is 4.18. The lowest BCUT2D eigenvalue weighted by molar-refractivity contribution is 0.0599. The van der Waals surface area contributed by atoms with Crippen molar-refractivity contribution in [3.05, 3.63) is 34.0 Å². The molecule has 3 rings (SSSR count). The van der Waals surface area contributed by atoms with E-state index in [4.69, 9.17) is 9.47 Å². The summed E-state index contributed by atoms with van der Waals surface area (Å²) in [7, 11) is -1.18. The van der Waals surface area contributed by atoms with Crippen molar-refractivity contribution in [2.75, 3.05) is 38.8 Å². The predicted octanol–water partition coefficient (Wildman–Crippen LogP) is 2.74. The van der Waals surface area contributed by atoms with E-state index in [1.54, 1.807) is 31.0 Å². The number of hydrogen-bond acceptors (Lipinski definition) is 9. The van der Waals surface area contributed by atoms with Crippen LogP contribution in [0.4, 0.5) is 0 Å². The van der Waals surface area contributed by atoms with Crippen molar-refractivity contribution in [2.24, 2.45) is 0 Å². The fourth-order valence-electron chi connectivity index (χ4n) is 3.34. The fraction of sp³-hybridized carbons (Fsp3) is 0.421. The summed E-state index contributed by atoms with van der Waals surface area (Å²) in [4.78, 5) is 29.3. The van der Waals surface area contributed by atoms with Gasteiger partial charge in [0, 0.05) is 35.5 Å². The third-order valence-electron chi connectivity index (χ3n) is 4.77. The third kappa shape index (κ3) is 4.11. The Balaban J connectivity index is 2.20. The molecule has 2 aromatic heterocycles. The average molecular weight is 471 g/mol. The van der Waals surface area contributed by atoms with Gasteiger partial charge in [-0.05, 0) is 25.5 Å². The number of thiophene rings is 1. The molecule has 0 aromatic carbocycles. The molecule has 0 bridgehead atoms. The lowest BCUT2D eigenvalue weighted by Crippen LogP contribution is -2.37. The van der Waals surface area contributed by atoms with Crippen molar-refractivity contribution in [3.63, 3.8) is 0 Å². The van der Waals surface area contributed by atoms with Gasteiger partial charge >= 0.3 is 11.9 Å². The summed E-state index contributed by atoms with van der Waals surface area (Å²) < 4.78 is 37.5. The number of hydrogen-bond donors (Lipinski definition) is 0. The van der Waals surface area contributed by atoms with Crippen molar-refractivity contribution in [1.82, 2.24) is 9.29 Å². The quantitative estimate of drug-likeness (QED) is 0.615. The van der Waals surface area contributed by atoms with Gasteiger partial charge in [-0.25, -0.2) is 18.0 Å². The van der Waals surface area contributed by atoms with Gasteiger partial charge in [0.25, 0.3) is 10.0 Å². The molecule has 1 aliphatic rings. The molecule has 8 nitrogen and oxygen atoms in total. The molecule has 1 saturated heterocycles. The van der Waals surface area contributed by atoms with E-state index in [1.807, 2.05) is 0 Å². The molecule has 1 aliphatic heterocycles. The number of sulfonamides is 1. The second kappa shape index (κ2) is 9.04. The summed E-state index contributed by atoms with van der Waals surface area (Å²) in [6, 6.07) is 1.49. The van der Waals surface area contributed by atoms with Crippen LogP contribution < -0.4 is 0 Å². The van der Waals surface area contributed by atoms with Crippen LogP contribution in [0.2, 0.25) is 0 Å². The first kappa shape index (κ1) is 22.7. The van der Waals surface area contributed by atoms with Gasteiger partial charge in [-0.1, -0.05) is 0 Å². The first-order chi connectivity index (χ1) is 14.2. The van der Waals surface area contributed by atoms with Crippen LogP contribution in [0.25, 0.3) is 11.1 Å². The van der Waals surface area contributed by atoms with Gasteiger partial charge in [0.05, 0.1) is 36.7 Å². The van der Waals surface area contributed by atoms with E-state index >= 15 is 0 Å². The SMILES string of the molecule is COC(=O)c1c(C)nc(C)c(C(=O)OC)c1-c1csc(S(=O)(=O)N2CCSCC2)c1. The molecule has 0 radical (unpaired) electrons. The van der Waals surface area contributed by atoms with Gasteiger partial charge in [-0.3, -0.25) is 4.98 Å². The normalized spacial score (nSPS) is 15.1. The van der Waals surface area contributed by atoms with Gasteiger partial charge in [0.15, 0.2) is 0 Å². The average Bonchev–Trinajstić information content (AvgIpc) is 3.23. The zero-order chi connectivity index (χ0) is 22.1. The molecule has 162 valence electrons. The Kier molecular flexibility index (Phi) is 6.85. The van der Waals surface area contributed by atoms with Gasteiger partial charge in [-0.2, -0.15) is 16.1 Å². The number of carbonyl (C=O) groups excluding carboxylic acids is 2. The topological polar surface area (TPSA) is 103 Å². The fourth-order valence-corrected chi connectivity index (χ4v) is 7.24. The first-order valence-corrected chi connectivity index (χ1v) is 12.5. The Labute approximate surface area is 183 Å². The number of ether oxygens (including phenoxy) is 2. The van der Waals surface area contributed by atoms with E-state index in [0.717, 1.165) is 22.8 Å². The molecule has 30 heavy (non-hydrogen) atoms. The second-order valence-corrected chi connectivity index (χ2v) is 10.9. The van der Waals surface area contributed by atoms with Crippen LogP contribution in [-0.4, -0.2) is 68.5 Å². The summed E-state index contributed by atoms with van der Waals surface area (Å²) in [5.74, 6) is 0.172. The smallest absolute Gasteiger partial charge is 0.340 e. The van der Waals surface area contributed by atoms with Crippen molar-refractivity contribution in [1.29, 1.82) is 0 Å². The Bertz CT molecular complexity index is 1050. The van der Waals surface area contributed by atoms with Crippen molar-refractivity contribution in [2.45, 2.75) is 18.1 Å². The molecule has 1 fully saturated rings. The number of nitrogens with zero attached hydrogens (tertiary/aromatic N) is 2. The molecule has 0 amide bonds. The van der Waals surface area contributed by atoms with Gasteiger partial charge in [0.1, 0.15) is 4.21 Å².